The fourth-order valence-electron chi connectivity index (χ4n) is 2.46. The van der Waals surface area contributed by atoms with E-state index < -0.39 is 0 Å². The molecule has 2 heterocycles. The van der Waals surface area contributed by atoms with Crippen molar-refractivity contribution in [2.24, 2.45) is 0 Å². The molecule has 4 rings (SSSR count). The summed E-state index contributed by atoms with van der Waals surface area (Å²) in [4.78, 5) is 5.63. The maximum atomic E-state index is 4.41. The van der Waals surface area contributed by atoms with Gasteiger partial charge in [-0.3, -0.25) is 4.98 Å². The van der Waals surface area contributed by atoms with Gasteiger partial charge in [-0.05, 0) is 42.3 Å². The second-order valence-corrected chi connectivity index (χ2v) is 6.68. The number of rotatable bonds is 4. The van der Waals surface area contributed by atoms with Gasteiger partial charge >= 0.3 is 0 Å². The summed E-state index contributed by atoms with van der Waals surface area (Å²) in [5.41, 5.74) is 1.02. The predicted octanol–water partition coefficient (Wildman–Crippen LogP) is 3.41. The third-order valence-corrected chi connectivity index (χ3v) is 4.86. The average Bonchev–Trinajstić information content (AvgIpc) is 3.24. The molecule has 0 amide bonds. The highest BCUT2D eigenvalue weighted by atomic mass is 32.2. The van der Waals surface area contributed by atoms with Crippen molar-refractivity contribution in [3.63, 3.8) is 0 Å². The molecule has 1 saturated carbocycles. The Hall–Kier alpha value is -1.95. The van der Waals surface area contributed by atoms with Crippen LogP contribution in [0, 0.1) is 0 Å². The summed E-state index contributed by atoms with van der Waals surface area (Å²) in [6.07, 6.45) is 4.24. The Morgan fingerprint density at radius 2 is 2.10 bits per heavy atom. The topological polar surface area (TPSA) is 56.5 Å². The van der Waals surface area contributed by atoms with Crippen LogP contribution in [0.5, 0.6) is 0 Å². The van der Waals surface area contributed by atoms with Crippen molar-refractivity contribution >= 4 is 22.7 Å². The molecule has 0 saturated heterocycles. The van der Waals surface area contributed by atoms with Crippen molar-refractivity contribution in [1.82, 2.24) is 25.2 Å². The van der Waals surface area contributed by atoms with E-state index in [4.69, 9.17) is 0 Å². The summed E-state index contributed by atoms with van der Waals surface area (Å²) in [5, 5.41) is 13.6. The third kappa shape index (κ3) is 2.40. The monoisotopic (exact) mass is 297 g/mol. The summed E-state index contributed by atoms with van der Waals surface area (Å²) in [5.74, 6) is 0.961. The maximum absolute atomic E-state index is 4.41. The molecule has 3 aromatic rings. The molecule has 1 fully saturated rings. The number of para-hydroxylation sites is 1. The van der Waals surface area contributed by atoms with Crippen LogP contribution >= 0.6 is 11.8 Å². The van der Waals surface area contributed by atoms with Crippen LogP contribution in [0.25, 0.3) is 10.9 Å². The van der Waals surface area contributed by atoms with Gasteiger partial charge < -0.3 is 0 Å². The van der Waals surface area contributed by atoms with Crippen LogP contribution in [0.2, 0.25) is 0 Å². The lowest BCUT2D eigenvalue weighted by molar-refractivity contribution is 0.583. The minimum absolute atomic E-state index is 0.214. The Balaban J connectivity index is 1.66. The van der Waals surface area contributed by atoms with Gasteiger partial charge in [0.1, 0.15) is 0 Å². The summed E-state index contributed by atoms with van der Waals surface area (Å²) < 4.78 is 1.99. The van der Waals surface area contributed by atoms with Crippen LogP contribution in [-0.4, -0.2) is 25.2 Å². The van der Waals surface area contributed by atoms with E-state index in [0.717, 1.165) is 11.3 Å². The molecule has 0 spiro atoms. The van der Waals surface area contributed by atoms with Crippen molar-refractivity contribution in [2.45, 2.75) is 36.0 Å². The minimum atomic E-state index is 0.214. The molecule has 1 aromatic carbocycles. The standard InChI is InChI=1S/C15H15N5S/c1-10(15-17-18-19-20(15)11-6-7-11)21-14-8-9-16-13-5-3-2-4-12(13)14/h2-5,8-11H,6-7H2,1H3/t10-/m1/s1. The molecule has 1 aliphatic rings. The first-order valence-corrected chi connectivity index (χ1v) is 7.99. The van der Waals surface area contributed by atoms with Gasteiger partial charge in [-0.25, -0.2) is 4.68 Å². The molecular weight excluding hydrogens is 282 g/mol. The zero-order valence-electron chi connectivity index (χ0n) is 11.7. The van der Waals surface area contributed by atoms with Gasteiger partial charge in [0, 0.05) is 16.5 Å². The summed E-state index contributed by atoms with van der Waals surface area (Å²) >= 11 is 1.79. The van der Waals surface area contributed by atoms with Crippen molar-refractivity contribution < 1.29 is 0 Å². The number of hydrogen-bond acceptors (Lipinski definition) is 5. The maximum Gasteiger partial charge on any atom is 0.164 e. The number of pyridine rings is 1. The van der Waals surface area contributed by atoms with E-state index in [-0.39, 0.29) is 5.25 Å². The molecule has 0 unspecified atom stereocenters. The second kappa shape index (κ2) is 5.11. The average molecular weight is 297 g/mol. The van der Waals surface area contributed by atoms with Gasteiger partial charge in [0.15, 0.2) is 5.82 Å². The van der Waals surface area contributed by atoms with Gasteiger partial charge in [-0.2, -0.15) is 0 Å². The fourth-order valence-corrected chi connectivity index (χ4v) is 3.54. The van der Waals surface area contributed by atoms with Crippen molar-refractivity contribution in [3.05, 3.63) is 42.4 Å². The van der Waals surface area contributed by atoms with Gasteiger partial charge in [-0.1, -0.05) is 18.2 Å². The van der Waals surface area contributed by atoms with Crippen LogP contribution < -0.4 is 0 Å². The SMILES string of the molecule is C[C@@H](Sc1ccnc2ccccc12)c1nnnn1C1CC1. The molecule has 0 radical (unpaired) electrons. The number of thioether (sulfide) groups is 1. The Morgan fingerprint density at radius 3 is 2.95 bits per heavy atom. The van der Waals surface area contributed by atoms with Crippen LogP contribution in [0.3, 0.4) is 0 Å². The fraction of sp³-hybridized carbons (Fsp3) is 0.333. The van der Waals surface area contributed by atoms with Gasteiger partial charge in [-0.15, -0.1) is 16.9 Å². The Kier molecular flexibility index (Phi) is 3.11. The zero-order valence-corrected chi connectivity index (χ0v) is 12.5. The smallest absolute Gasteiger partial charge is 0.164 e. The second-order valence-electron chi connectivity index (χ2n) is 5.30. The van der Waals surface area contributed by atoms with Crippen LogP contribution in [-0.2, 0) is 0 Å². The molecule has 1 atom stereocenters. The quantitative estimate of drug-likeness (QED) is 0.691. The van der Waals surface area contributed by atoms with E-state index in [0.29, 0.717) is 6.04 Å². The molecule has 2 aromatic heterocycles. The molecule has 1 aliphatic carbocycles. The van der Waals surface area contributed by atoms with E-state index in [2.05, 4.69) is 39.6 Å². The van der Waals surface area contributed by atoms with Crippen LogP contribution in [0.4, 0.5) is 0 Å². The molecule has 0 N–H and O–H groups in total. The van der Waals surface area contributed by atoms with E-state index in [1.807, 2.05) is 29.1 Å². The lowest BCUT2D eigenvalue weighted by Crippen LogP contribution is -2.05. The molecule has 106 valence electrons. The van der Waals surface area contributed by atoms with Crippen molar-refractivity contribution in [2.75, 3.05) is 0 Å². The van der Waals surface area contributed by atoms with Gasteiger partial charge in [0.25, 0.3) is 0 Å². The van der Waals surface area contributed by atoms with Crippen LogP contribution in [0.15, 0.2) is 41.4 Å². The number of benzene rings is 1. The Bertz CT molecular complexity index is 775. The first-order valence-electron chi connectivity index (χ1n) is 7.11. The molecule has 0 aliphatic heterocycles. The van der Waals surface area contributed by atoms with Gasteiger partial charge in [0.2, 0.25) is 0 Å². The first kappa shape index (κ1) is 12.8. The van der Waals surface area contributed by atoms with E-state index in [1.165, 1.54) is 23.1 Å². The normalized spacial score (nSPS) is 16.2. The highest BCUT2D eigenvalue weighted by molar-refractivity contribution is 7.99. The summed E-state index contributed by atoms with van der Waals surface area (Å²) in [6, 6.07) is 10.8. The molecular formula is C15H15N5S. The Morgan fingerprint density at radius 1 is 1.24 bits per heavy atom. The largest absolute Gasteiger partial charge is 0.256 e. The predicted molar refractivity (Wildman–Crippen MR) is 82.1 cm³/mol. The van der Waals surface area contributed by atoms with E-state index in [9.17, 15) is 0 Å². The number of aromatic nitrogens is 5. The molecule has 5 nitrogen and oxygen atoms in total. The minimum Gasteiger partial charge on any atom is -0.256 e. The van der Waals surface area contributed by atoms with Gasteiger partial charge in [0.05, 0.1) is 16.8 Å². The zero-order chi connectivity index (χ0) is 14.2. The number of fused-ring (bicyclic) bond motifs is 1. The Labute approximate surface area is 126 Å². The lowest BCUT2D eigenvalue weighted by atomic mass is 10.2. The first-order chi connectivity index (χ1) is 10.3. The third-order valence-electron chi connectivity index (χ3n) is 3.69. The van der Waals surface area contributed by atoms with Crippen molar-refractivity contribution in [1.29, 1.82) is 0 Å². The van der Waals surface area contributed by atoms with E-state index >= 15 is 0 Å². The van der Waals surface area contributed by atoms with E-state index in [1.54, 1.807) is 11.8 Å². The highest BCUT2D eigenvalue weighted by Gasteiger charge is 2.29. The van der Waals surface area contributed by atoms with Crippen LogP contribution in [0.1, 0.15) is 36.9 Å². The number of tetrazole rings is 1. The molecule has 21 heavy (non-hydrogen) atoms. The summed E-state index contributed by atoms with van der Waals surface area (Å²) in [6.45, 7) is 2.16. The molecule has 6 heteroatoms. The van der Waals surface area contributed by atoms with Crippen molar-refractivity contribution in [3.8, 4) is 0 Å². The molecule has 0 bridgehead atoms. The lowest BCUT2D eigenvalue weighted by Gasteiger charge is -2.12. The highest BCUT2D eigenvalue weighted by Crippen LogP contribution is 2.41. The summed E-state index contributed by atoms with van der Waals surface area (Å²) in [7, 11) is 0. The number of hydrogen-bond donors (Lipinski definition) is 0. The number of nitrogens with zero attached hydrogens (tertiary/aromatic N) is 5.